The first-order valence-electron chi connectivity index (χ1n) is 10.0. The van der Waals surface area contributed by atoms with Crippen LogP contribution in [0, 0.1) is 11.8 Å². The number of ether oxygens (including phenoxy) is 1. The maximum absolute atomic E-state index is 11.1. The van der Waals surface area contributed by atoms with Gasteiger partial charge in [-0.25, -0.2) is 0 Å². The molecule has 6 rings (SSSR count). The van der Waals surface area contributed by atoms with E-state index in [4.69, 9.17) is 4.74 Å². The molecule has 3 aliphatic carbocycles. The summed E-state index contributed by atoms with van der Waals surface area (Å²) < 4.78 is 5.68. The Kier molecular flexibility index (Phi) is 4.42. The fraction of sp³-hybridized carbons (Fsp3) is 0.333. The van der Waals surface area contributed by atoms with Crippen molar-refractivity contribution >= 4 is 78.5 Å². The first kappa shape index (κ1) is 19.4. The van der Waals surface area contributed by atoms with Gasteiger partial charge >= 0.3 is 0 Å². The number of hydrogen-bond donors (Lipinski definition) is 1. The van der Waals surface area contributed by atoms with E-state index in [-0.39, 0.29) is 5.04 Å². The van der Waals surface area contributed by atoms with Crippen LogP contribution in [-0.4, -0.2) is 4.73 Å². The lowest BCUT2D eigenvalue weighted by molar-refractivity contribution is 0.326. The molecule has 2 unspecified atom stereocenters. The van der Waals surface area contributed by atoms with Crippen molar-refractivity contribution in [3.8, 4) is 22.6 Å². The second-order valence-corrected chi connectivity index (χ2v) is 19.4. The van der Waals surface area contributed by atoms with E-state index in [2.05, 4.69) is 104 Å². The minimum absolute atomic E-state index is 0.0947. The third-order valence-corrected chi connectivity index (χ3v) is 7.99. The number of phenols is 1. The zero-order chi connectivity index (χ0) is 20.0. The molecular formula is C24H19I3O2. The Morgan fingerprint density at radius 2 is 1.79 bits per heavy atom. The second-order valence-electron chi connectivity index (χ2n) is 8.67. The van der Waals surface area contributed by atoms with E-state index in [9.17, 15) is 5.11 Å². The number of hydrogen-bond acceptors (Lipinski definition) is 2. The van der Waals surface area contributed by atoms with Gasteiger partial charge in [0, 0.05) is 10.8 Å². The molecule has 3 aromatic carbocycles. The van der Waals surface area contributed by atoms with Crippen LogP contribution in [0.15, 0.2) is 48.5 Å². The van der Waals surface area contributed by atoms with Gasteiger partial charge in [0.15, 0.2) is 0 Å². The minimum Gasteiger partial charge on any atom is -0.507 e. The number of fused-ring (bicyclic) bond motifs is 10. The summed E-state index contributed by atoms with van der Waals surface area (Å²) in [6.45, 7) is 0. The Hall–Kier alpha value is -0.290. The first-order chi connectivity index (χ1) is 13.9. The van der Waals surface area contributed by atoms with Crippen LogP contribution in [0.2, 0.25) is 0 Å². The van der Waals surface area contributed by atoms with Crippen molar-refractivity contribution in [2.24, 2.45) is 11.8 Å². The number of alkyl halides is 3. The van der Waals surface area contributed by atoms with Gasteiger partial charge in [-0.15, -0.1) is 0 Å². The van der Waals surface area contributed by atoms with Gasteiger partial charge in [-0.2, -0.15) is 0 Å². The van der Waals surface area contributed by atoms with Gasteiger partial charge in [0.25, 0.3) is -0.379 Å². The number of halogens is 3. The highest BCUT2D eigenvalue weighted by Crippen LogP contribution is 2.66. The van der Waals surface area contributed by atoms with E-state index in [0.717, 1.165) is 22.4 Å². The predicted octanol–water partition coefficient (Wildman–Crippen LogP) is 7.93. The summed E-state index contributed by atoms with van der Waals surface area (Å²) in [5, 5.41) is 13.1. The molecule has 1 spiro atoms. The van der Waals surface area contributed by atoms with Gasteiger partial charge in [-0.3, -0.25) is 0 Å². The number of phenolic OH excluding ortho intramolecular Hbond substituents is 1. The topological polar surface area (TPSA) is 29.5 Å². The molecule has 3 atom stereocenters. The van der Waals surface area contributed by atoms with Crippen LogP contribution in [0.1, 0.15) is 36.8 Å². The molecule has 2 saturated carbocycles. The molecule has 148 valence electrons. The Morgan fingerprint density at radius 3 is 2.52 bits per heavy atom. The van der Waals surface area contributed by atoms with Gasteiger partial charge in [0.2, 0.25) is 0 Å². The standard InChI is InChI=1S/C24H19I3O2/c25-24(26,27)29-15-7-8-16-18(10-15)21(28)11-20-22(16)17-3-1-2-4-19(17)23(20)12-13-5-6-14(23)9-13/h1-4,7-8,10-11,13-14,28H,5-6,9,12H2/t13?,14?,23-/m0/s1. The third-order valence-electron chi connectivity index (χ3n) is 7.33. The van der Waals surface area contributed by atoms with Crippen LogP contribution >= 0.6 is 67.8 Å². The highest BCUT2D eigenvalue weighted by atomic mass is 127. The summed E-state index contributed by atoms with van der Waals surface area (Å²) in [5.41, 5.74) is 5.63. The van der Waals surface area contributed by atoms with Gasteiger partial charge < -0.3 is 9.84 Å². The van der Waals surface area contributed by atoms with E-state index in [1.54, 1.807) is 0 Å². The molecule has 29 heavy (non-hydrogen) atoms. The highest BCUT2D eigenvalue weighted by molar-refractivity contribution is 14.3. The molecule has 2 nitrogen and oxygen atoms in total. The normalized spacial score (nSPS) is 26.9. The Morgan fingerprint density at radius 1 is 0.966 bits per heavy atom. The number of aromatic hydroxyl groups is 1. The van der Waals surface area contributed by atoms with Crippen molar-refractivity contribution in [1.29, 1.82) is 0 Å². The molecular weight excluding hydrogens is 701 g/mol. The van der Waals surface area contributed by atoms with Gasteiger partial charge in [-0.05, 0) is 151 Å². The molecule has 5 heteroatoms. The lowest BCUT2D eigenvalue weighted by Crippen LogP contribution is -2.31. The average Bonchev–Trinajstić information content (AvgIpc) is 3.35. The van der Waals surface area contributed by atoms with Crippen molar-refractivity contribution < 1.29 is 9.84 Å². The quantitative estimate of drug-likeness (QED) is 0.216. The first-order valence-corrected chi connectivity index (χ1v) is 13.3. The second kappa shape index (κ2) is 6.60. The van der Waals surface area contributed by atoms with Crippen molar-refractivity contribution in [1.82, 2.24) is 0 Å². The predicted molar refractivity (Wildman–Crippen MR) is 143 cm³/mol. The molecule has 0 heterocycles. The van der Waals surface area contributed by atoms with Crippen molar-refractivity contribution in [2.75, 3.05) is 0 Å². The molecule has 0 radical (unpaired) electrons. The fourth-order valence-corrected chi connectivity index (χ4v) is 7.21. The van der Waals surface area contributed by atoms with E-state index in [0.29, 0.717) is 11.7 Å². The lowest BCUT2D eigenvalue weighted by atomic mass is 9.66. The molecule has 3 aromatic rings. The maximum atomic E-state index is 11.1. The molecule has 0 aliphatic heterocycles. The van der Waals surface area contributed by atoms with E-state index >= 15 is 0 Å². The zero-order valence-corrected chi connectivity index (χ0v) is 22.1. The number of rotatable bonds is 2. The summed E-state index contributed by atoms with van der Waals surface area (Å²) in [7, 11) is 0. The third kappa shape index (κ3) is 2.81. The monoisotopic (exact) mass is 720 g/mol. The molecule has 0 aromatic heterocycles. The van der Waals surface area contributed by atoms with Crippen molar-refractivity contribution in [2.45, 2.75) is 30.7 Å². The minimum atomic E-state index is -0.354. The Labute approximate surface area is 211 Å². The highest BCUT2D eigenvalue weighted by Gasteiger charge is 2.57. The van der Waals surface area contributed by atoms with Crippen LogP contribution in [0.4, 0.5) is 0 Å². The number of benzene rings is 3. The van der Waals surface area contributed by atoms with E-state index < -0.39 is 0 Å². The molecule has 0 amide bonds. The van der Waals surface area contributed by atoms with Crippen LogP contribution in [0.5, 0.6) is 11.5 Å². The molecule has 0 saturated heterocycles. The van der Waals surface area contributed by atoms with E-state index in [1.807, 2.05) is 12.1 Å². The van der Waals surface area contributed by atoms with Crippen LogP contribution < -0.4 is 4.74 Å². The maximum Gasteiger partial charge on any atom is 0.258 e. The van der Waals surface area contributed by atoms with Gasteiger partial charge in [0.1, 0.15) is 11.5 Å². The fourth-order valence-electron chi connectivity index (χ4n) is 6.45. The zero-order valence-electron chi connectivity index (χ0n) is 15.6. The van der Waals surface area contributed by atoms with E-state index in [1.165, 1.54) is 47.9 Å². The van der Waals surface area contributed by atoms with Gasteiger partial charge in [0.05, 0.1) is 0 Å². The summed E-state index contributed by atoms with van der Waals surface area (Å²) in [6, 6.07) is 17.2. The van der Waals surface area contributed by atoms with Crippen molar-refractivity contribution in [3.05, 3.63) is 59.7 Å². The Balaban J connectivity index is 1.63. The smallest absolute Gasteiger partial charge is 0.258 e. The van der Waals surface area contributed by atoms with Crippen LogP contribution in [-0.2, 0) is 5.41 Å². The molecule has 1 N–H and O–H groups in total. The van der Waals surface area contributed by atoms with Gasteiger partial charge in [-0.1, -0.05) is 30.7 Å². The largest absolute Gasteiger partial charge is 0.507 e. The summed E-state index contributed by atoms with van der Waals surface area (Å²) >= 11 is 6.79. The summed E-state index contributed by atoms with van der Waals surface area (Å²) in [5.74, 6) is 2.69. The molecule has 2 fully saturated rings. The average molecular weight is 720 g/mol. The summed E-state index contributed by atoms with van der Waals surface area (Å²) in [6.07, 6.45) is 5.25. The Bertz CT molecular complexity index is 1170. The SMILES string of the molecule is Oc1cc2c(c3ccc(OC(I)(I)I)cc13)-c1ccccc1[C@@]21CC2CCC1C2. The summed E-state index contributed by atoms with van der Waals surface area (Å²) in [4.78, 5) is 0. The molecule has 2 bridgehead atoms. The molecule has 3 aliphatic rings. The van der Waals surface area contributed by atoms with Crippen LogP contribution in [0.3, 0.4) is 0 Å². The lowest BCUT2D eigenvalue weighted by Gasteiger charge is -2.36. The van der Waals surface area contributed by atoms with Crippen molar-refractivity contribution in [3.63, 3.8) is 0 Å². The van der Waals surface area contributed by atoms with Crippen LogP contribution in [0.25, 0.3) is 21.9 Å².